The van der Waals surface area contributed by atoms with E-state index in [-0.39, 0.29) is 22.0 Å². The topological polar surface area (TPSA) is 171 Å². The van der Waals surface area contributed by atoms with E-state index in [4.69, 9.17) is 40.1 Å². The van der Waals surface area contributed by atoms with Crippen molar-refractivity contribution < 1.29 is 64.6 Å². The number of carbonyl (C=O) groups excluding carboxylic acids is 3. The lowest BCUT2D eigenvalue weighted by atomic mass is 10.2. The Morgan fingerprint density at radius 2 is 1.10 bits per heavy atom. The van der Waals surface area contributed by atoms with Gasteiger partial charge in [-0.2, -0.15) is 25.5 Å². The third-order valence-electron chi connectivity index (χ3n) is 8.77. The molecular formula is C43H35Cl3F6N6O8S2. The smallest absolute Gasteiger partial charge is 0.406 e. The van der Waals surface area contributed by atoms with Crippen molar-refractivity contribution in [1.82, 2.24) is 10.0 Å². The molecule has 68 heavy (non-hydrogen) atoms. The van der Waals surface area contributed by atoms with Gasteiger partial charge in [-0.15, -0.1) is 26.3 Å². The van der Waals surface area contributed by atoms with Gasteiger partial charge < -0.3 is 20.1 Å². The standard InChI is InChI=1S/C18H15ClF3N3O3S.C18H15ClF3N3O2S.C7H5ClO3/c1-17(2)25(24-15(29(17)27)11-3-5-12(19)6-4-11)16(26)23-13-7-9-14(10-8-13)28-18(20,21)22;1-17(2)25(24-15(28-17)11-3-5-12(19)6-4-11)16(26)23-13-7-9-14(10-8-13)27-18(20,21)22;8-6-3-1-2-5(4-6)7(9)11-10/h3-10H,1-2H3,(H,23,26);3-10H,1-2H3,(H,23,26);1-4,10H. The third kappa shape index (κ3) is 14.7. The third-order valence-corrected chi connectivity index (χ3v) is 12.4. The van der Waals surface area contributed by atoms with E-state index in [0.717, 1.165) is 34.8 Å². The monoisotopic (exact) mass is 1050 g/mol. The maximum atomic E-state index is 12.9. The quantitative estimate of drug-likeness (QED) is 0.0815. The summed E-state index contributed by atoms with van der Waals surface area (Å²) >= 11 is 18.7. The number of rotatable bonds is 7. The van der Waals surface area contributed by atoms with Gasteiger partial charge >= 0.3 is 30.8 Å². The zero-order valence-corrected chi connectivity index (χ0v) is 39.3. The Morgan fingerprint density at radius 3 is 1.54 bits per heavy atom. The molecular weight excluding hydrogens is 1010 g/mol. The van der Waals surface area contributed by atoms with Crippen LogP contribution in [0.5, 0.6) is 11.5 Å². The summed E-state index contributed by atoms with van der Waals surface area (Å²) in [5, 5.41) is 26.5. The SMILES string of the molecule is CC1(C)N(C(=O)Nc2ccc(OC(F)(F)F)cc2)N=C(c2ccc(Cl)cc2)S1=O.CC1(C)SC(c2ccc(Cl)cc2)=NN1C(=O)Nc1ccc(OC(F)(F)F)cc1.O=C(OO)c1cccc(Cl)c1. The van der Waals surface area contributed by atoms with Crippen molar-refractivity contribution >= 4 is 96.9 Å². The van der Waals surface area contributed by atoms with Crippen molar-refractivity contribution in [3.8, 4) is 11.5 Å². The van der Waals surface area contributed by atoms with Crippen molar-refractivity contribution in [2.24, 2.45) is 10.2 Å². The molecule has 0 saturated heterocycles. The highest BCUT2D eigenvalue weighted by Crippen LogP contribution is 2.39. The molecule has 0 radical (unpaired) electrons. The fourth-order valence-electron chi connectivity index (χ4n) is 5.62. The maximum absolute atomic E-state index is 12.9. The largest absolute Gasteiger partial charge is 0.573 e. The summed E-state index contributed by atoms with van der Waals surface area (Å²) in [5.41, 5.74) is 2.15. The van der Waals surface area contributed by atoms with Crippen LogP contribution in [-0.4, -0.2) is 70.1 Å². The molecule has 2 aliphatic heterocycles. The first-order valence-corrected chi connectivity index (χ1v) is 22.2. The number of carbonyl (C=O) groups is 3. The van der Waals surface area contributed by atoms with Gasteiger partial charge in [-0.25, -0.2) is 14.4 Å². The zero-order valence-electron chi connectivity index (χ0n) is 35.4. The lowest BCUT2D eigenvalue weighted by Crippen LogP contribution is -2.45. The molecule has 3 N–H and O–H groups in total. The summed E-state index contributed by atoms with van der Waals surface area (Å²) in [4.78, 5) is 37.6. The maximum Gasteiger partial charge on any atom is 0.573 e. The average Bonchev–Trinajstić information content (AvgIpc) is 3.72. The van der Waals surface area contributed by atoms with E-state index >= 15 is 0 Å². The van der Waals surface area contributed by atoms with Gasteiger partial charge in [0.25, 0.3) is 0 Å². The van der Waals surface area contributed by atoms with Crippen LogP contribution in [0.25, 0.3) is 0 Å². The van der Waals surface area contributed by atoms with Crippen LogP contribution in [0.2, 0.25) is 15.1 Å². The predicted molar refractivity (Wildman–Crippen MR) is 247 cm³/mol. The Balaban J connectivity index is 0.000000209. The van der Waals surface area contributed by atoms with Crippen molar-refractivity contribution in [1.29, 1.82) is 0 Å². The number of amides is 4. The van der Waals surface area contributed by atoms with Crippen LogP contribution in [0.15, 0.2) is 132 Å². The van der Waals surface area contributed by atoms with Crippen LogP contribution >= 0.6 is 46.6 Å². The first-order chi connectivity index (χ1) is 31.7. The molecule has 14 nitrogen and oxygen atoms in total. The van der Waals surface area contributed by atoms with Crippen molar-refractivity contribution in [2.75, 3.05) is 10.6 Å². The van der Waals surface area contributed by atoms with Gasteiger partial charge in [0.05, 0.1) is 5.56 Å². The number of nitrogens with zero attached hydrogens (tertiary/aromatic N) is 4. The number of benzene rings is 5. The molecule has 1 atom stereocenters. The number of hydrogen-bond acceptors (Lipinski definition) is 11. The van der Waals surface area contributed by atoms with Gasteiger partial charge in [0, 0.05) is 37.6 Å². The van der Waals surface area contributed by atoms with Crippen LogP contribution in [0, 0.1) is 0 Å². The summed E-state index contributed by atoms with van der Waals surface area (Å²) < 4.78 is 93.8. The number of ether oxygens (including phenoxy) is 2. The number of anilines is 2. The Hall–Kier alpha value is -6.04. The Bertz CT molecular complexity index is 2700. The summed E-state index contributed by atoms with van der Waals surface area (Å²) in [7, 11) is -1.63. The lowest BCUT2D eigenvalue weighted by Gasteiger charge is -2.27. The van der Waals surface area contributed by atoms with Crippen LogP contribution in [0.3, 0.4) is 0 Å². The minimum Gasteiger partial charge on any atom is -0.406 e. The van der Waals surface area contributed by atoms with E-state index in [9.17, 15) is 44.9 Å². The fraction of sp³-hybridized carbons (Fsp3) is 0.186. The molecule has 1 unspecified atom stereocenters. The van der Waals surface area contributed by atoms with E-state index in [1.165, 1.54) is 53.2 Å². The number of alkyl halides is 6. The Morgan fingerprint density at radius 1 is 0.647 bits per heavy atom. The molecule has 0 aliphatic carbocycles. The summed E-state index contributed by atoms with van der Waals surface area (Å²) in [6.45, 7) is 6.86. The van der Waals surface area contributed by atoms with Gasteiger partial charge in [-0.1, -0.05) is 76.9 Å². The van der Waals surface area contributed by atoms with E-state index < -0.39 is 57.0 Å². The highest BCUT2D eigenvalue weighted by atomic mass is 35.5. The average molecular weight is 1050 g/mol. The molecule has 360 valence electrons. The molecule has 5 aromatic carbocycles. The summed E-state index contributed by atoms with van der Waals surface area (Å²) in [6.07, 6.45) is -9.57. The van der Waals surface area contributed by atoms with Crippen LogP contribution in [-0.2, 0) is 15.7 Å². The number of hydrazone groups is 2. The molecule has 0 fully saturated rings. The highest BCUT2D eigenvalue weighted by Gasteiger charge is 2.46. The second kappa shape index (κ2) is 21.9. The van der Waals surface area contributed by atoms with Crippen LogP contribution in [0.1, 0.15) is 49.2 Å². The van der Waals surface area contributed by atoms with Crippen molar-refractivity contribution in [3.05, 3.63) is 153 Å². The van der Waals surface area contributed by atoms with Gasteiger partial charge in [-0.3, -0.25) is 9.10 Å². The fourth-order valence-corrected chi connectivity index (χ4v) is 8.38. The molecule has 4 amide bonds. The van der Waals surface area contributed by atoms with E-state index in [1.807, 2.05) is 26.0 Å². The van der Waals surface area contributed by atoms with Crippen LogP contribution < -0.4 is 20.1 Å². The molecule has 0 bridgehead atoms. The number of thioether (sulfide) groups is 1. The Labute approximate surface area is 405 Å². The first kappa shape index (κ1) is 52.9. The van der Waals surface area contributed by atoms with Gasteiger partial charge in [0.2, 0.25) is 0 Å². The number of nitrogens with one attached hydrogen (secondary N) is 2. The lowest BCUT2D eigenvalue weighted by molar-refractivity contribution is -0.275. The van der Waals surface area contributed by atoms with E-state index in [1.54, 1.807) is 62.4 Å². The molecule has 2 aliphatic rings. The minimum absolute atomic E-state index is 0.218. The van der Waals surface area contributed by atoms with E-state index in [0.29, 0.717) is 31.4 Å². The second-order valence-corrected chi connectivity index (χ2v) is 19.4. The predicted octanol–water partition coefficient (Wildman–Crippen LogP) is 12.8. The van der Waals surface area contributed by atoms with Crippen molar-refractivity contribution in [2.45, 2.75) is 50.2 Å². The minimum atomic E-state index is -4.80. The first-order valence-electron chi connectivity index (χ1n) is 19.1. The zero-order chi connectivity index (χ0) is 50.2. The highest BCUT2D eigenvalue weighted by molar-refractivity contribution is 8.15. The number of halogens is 9. The second-order valence-electron chi connectivity index (χ2n) is 14.6. The molecule has 5 aromatic rings. The normalized spacial score (nSPS) is 15.9. The van der Waals surface area contributed by atoms with E-state index in [2.05, 4.69) is 35.2 Å². The molecule has 7 rings (SSSR count). The molecule has 0 spiro atoms. The molecule has 25 heteroatoms. The summed E-state index contributed by atoms with van der Waals surface area (Å²) in [5.74, 6) is -1.60. The van der Waals surface area contributed by atoms with Gasteiger partial charge in [0.15, 0.2) is 5.04 Å². The molecule has 2 heterocycles. The summed E-state index contributed by atoms with van der Waals surface area (Å²) in [6, 6.07) is 28.1. The van der Waals surface area contributed by atoms with Gasteiger partial charge in [0.1, 0.15) is 37.1 Å². The Kier molecular flexibility index (Phi) is 17.1. The molecule has 0 saturated carbocycles. The van der Waals surface area contributed by atoms with Gasteiger partial charge in [-0.05, 0) is 119 Å². The number of hydrogen-bond donors (Lipinski definition) is 3. The number of urea groups is 2. The van der Waals surface area contributed by atoms with Crippen molar-refractivity contribution in [3.63, 3.8) is 0 Å². The van der Waals surface area contributed by atoms with Crippen LogP contribution in [0.4, 0.5) is 47.3 Å². The molecule has 0 aromatic heterocycles.